The molecule has 5 nitrogen and oxygen atoms in total. The van der Waals surface area contributed by atoms with Gasteiger partial charge in [0.25, 0.3) is 5.91 Å². The van der Waals surface area contributed by atoms with Crippen LogP contribution in [0, 0.1) is 11.3 Å². The van der Waals surface area contributed by atoms with Crippen LogP contribution in [0.4, 0.5) is 5.69 Å². The number of benzene rings is 1. The van der Waals surface area contributed by atoms with Crippen LogP contribution in [0.3, 0.4) is 0 Å². The molecule has 0 aliphatic heterocycles. The van der Waals surface area contributed by atoms with Gasteiger partial charge < -0.3 is 5.32 Å². The molecule has 1 amide bonds. The number of hydrogen-bond acceptors (Lipinski definition) is 4. The summed E-state index contributed by atoms with van der Waals surface area (Å²) in [5.74, 6) is -0.520. The monoisotopic (exact) mass is 292 g/mol. The van der Waals surface area contributed by atoms with E-state index in [1.165, 1.54) is 24.5 Å². The van der Waals surface area contributed by atoms with E-state index >= 15 is 0 Å². The molecule has 1 aromatic heterocycles. The molecule has 0 saturated heterocycles. The number of amides is 1. The van der Waals surface area contributed by atoms with Gasteiger partial charge in [-0.05, 0) is 18.2 Å². The number of carbonyl (C=O) groups is 1. The van der Waals surface area contributed by atoms with E-state index in [1.54, 1.807) is 6.07 Å². The minimum atomic E-state index is -0.520. The maximum absolute atomic E-state index is 11.9. The molecule has 1 heterocycles. The molecule has 0 spiro atoms. The molecule has 0 unspecified atom stereocenters. The van der Waals surface area contributed by atoms with Gasteiger partial charge in [-0.2, -0.15) is 5.26 Å². The fraction of sp³-hybridized carbons (Fsp3) is 0. The first-order chi connectivity index (χ1) is 9.10. The van der Waals surface area contributed by atoms with Crippen molar-refractivity contribution >= 4 is 34.8 Å². The molecular formula is C12H6Cl2N4O. The van der Waals surface area contributed by atoms with Gasteiger partial charge >= 0.3 is 0 Å². The lowest BCUT2D eigenvalue weighted by atomic mass is 10.2. The van der Waals surface area contributed by atoms with Crippen molar-refractivity contribution in [2.24, 2.45) is 0 Å². The number of halogens is 2. The van der Waals surface area contributed by atoms with Crippen LogP contribution in [0.15, 0.2) is 30.6 Å². The molecule has 19 heavy (non-hydrogen) atoms. The van der Waals surface area contributed by atoms with Crippen molar-refractivity contribution in [3.8, 4) is 6.07 Å². The van der Waals surface area contributed by atoms with Crippen LogP contribution in [0.25, 0.3) is 0 Å². The molecule has 2 rings (SSSR count). The number of aromatic nitrogens is 2. The molecule has 1 N–H and O–H groups in total. The molecule has 7 heteroatoms. The highest BCUT2D eigenvalue weighted by molar-refractivity contribution is 6.31. The smallest absolute Gasteiger partial charge is 0.275 e. The zero-order chi connectivity index (χ0) is 13.8. The first kappa shape index (κ1) is 13.3. The Kier molecular flexibility index (Phi) is 3.95. The number of nitrogens with one attached hydrogen (secondary N) is 1. The van der Waals surface area contributed by atoms with E-state index < -0.39 is 5.91 Å². The first-order valence-corrected chi connectivity index (χ1v) is 5.84. The Hall–Kier alpha value is -2.16. The highest BCUT2D eigenvalue weighted by atomic mass is 35.5. The van der Waals surface area contributed by atoms with Crippen LogP contribution >= 0.6 is 23.2 Å². The van der Waals surface area contributed by atoms with E-state index in [0.29, 0.717) is 16.3 Å². The van der Waals surface area contributed by atoms with Crippen LogP contribution in [0.1, 0.15) is 16.1 Å². The molecule has 0 radical (unpaired) electrons. The van der Waals surface area contributed by atoms with E-state index in [-0.39, 0.29) is 10.8 Å². The zero-order valence-corrected chi connectivity index (χ0v) is 10.9. The van der Waals surface area contributed by atoms with Gasteiger partial charge in [0.05, 0.1) is 23.6 Å². The fourth-order valence-corrected chi connectivity index (χ4v) is 1.67. The summed E-state index contributed by atoms with van der Waals surface area (Å²) in [6.45, 7) is 0. The maximum Gasteiger partial charge on any atom is 0.275 e. The Morgan fingerprint density at radius 3 is 2.79 bits per heavy atom. The minimum absolute atomic E-state index is 0.0522. The minimum Gasteiger partial charge on any atom is -0.319 e. The Balaban J connectivity index is 2.29. The summed E-state index contributed by atoms with van der Waals surface area (Å²) >= 11 is 11.5. The fourth-order valence-electron chi connectivity index (χ4n) is 1.36. The van der Waals surface area contributed by atoms with Gasteiger partial charge in [0.15, 0.2) is 0 Å². The van der Waals surface area contributed by atoms with Crippen molar-refractivity contribution < 1.29 is 4.79 Å². The SMILES string of the molecule is N#Cc1ccc(Cl)cc1NC(=O)c1cncc(Cl)n1. The second kappa shape index (κ2) is 5.65. The number of carbonyl (C=O) groups excluding carboxylic acids is 1. The molecule has 2 aromatic rings. The third-order valence-corrected chi connectivity index (χ3v) is 2.61. The van der Waals surface area contributed by atoms with Crippen molar-refractivity contribution in [1.29, 1.82) is 5.26 Å². The van der Waals surface area contributed by atoms with Gasteiger partial charge in [0, 0.05) is 5.02 Å². The van der Waals surface area contributed by atoms with Crippen LogP contribution in [0.5, 0.6) is 0 Å². The Morgan fingerprint density at radius 2 is 2.11 bits per heavy atom. The molecule has 0 fully saturated rings. The molecule has 0 bridgehead atoms. The summed E-state index contributed by atoms with van der Waals surface area (Å²) in [6, 6.07) is 6.52. The number of nitriles is 1. The van der Waals surface area contributed by atoms with Gasteiger partial charge in [0.1, 0.15) is 16.9 Å². The number of anilines is 1. The van der Waals surface area contributed by atoms with E-state index in [4.69, 9.17) is 28.5 Å². The summed E-state index contributed by atoms with van der Waals surface area (Å²) in [6.07, 6.45) is 2.59. The van der Waals surface area contributed by atoms with E-state index in [1.807, 2.05) is 6.07 Å². The van der Waals surface area contributed by atoms with Crippen molar-refractivity contribution in [1.82, 2.24) is 9.97 Å². The van der Waals surface area contributed by atoms with Crippen molar-refractivity contribution in [3.05, 3.63) is 52.0 Å². The quantitative estimate of drug-likeness (QED) is 0.923. The summed E-state index contributed by atoms with van der Waals surface area (Å²) in [7, 11) is 0. The van der Waals surface area contributed by atoms with Gasteiger partial charge in [-0.3, -0.25) is 9.78 Å². The van der Waals surface area contributed by atoms with Crippen LogP contribution in [0.2, 0.25) is 10.2 Å². The first-order valence-electron chi connectivity index (χ1n) is 5.08. The second-order valence-corrected chi connectivity index (χ2v) is 4.31. The van der Waals surface area contributed by atoms with Gasteiger partial charge in [0.2, 0.25) is 0 Å². The highest BCUT2D eigenvalue weighted by Gasteiger charge is 2.11. The average Bonchev–Trinajstić information content (AvgIpc) is 2.39. The summed E-state index contributed by atoms with van der Waals surface area (Å²) < 4.78 is 0. The highest BCUT2D eigenvalue weighted by Crippen LogP contribution is 2.20. The van der Waals surface area contributed by atoms with E-state index in [9.17, 15) is 4.79 Å². The van der Waals surface area contributed by atoms with Gasteiger partial charge in [-0.15, -0.1) is 0 Å². The number of rotatable bonds is 2. The lowest BCUT2D eigenvalue weighted by molar-refractivity contribution is 0.102. The summed E-state index contributed by atoms with van der Waals surface area (Å²) in [4.78, 5) is 19.5. The normalized spacial score (nSPS) is 9.74. The molecule has 0 atom stereocenters. The molecule has 94 valence electrons. The Bertz CT molecular complexity index is 682. The van der Waals surface area contributed by atoms with Crippen molar-refractivity contribution in [3.63, 3.8) is 0 Å². The maximum atomic E-state index is 11.9. The lowest BCUT2D eigenvalue weighted by Crippen LogP contribution is -2.15. The third kappa shape index (κ3) is 3.19. The Labute approximate surface area is 118 Å². The summed E-state index contributed by atoms with van der Waals surface area (Å²) in [5, 5.41) is 12.0. The molecular weight excluding hydrogens is 287 g/mol. The molecule has 1 aromatic carbocycles. The van der Waals surface area contributed by atoms with Crippen LogP contribution in [-0.4, -0.2) is 15.9 Å². The van der Waals surface area contributed by atoms with Crippen molar-refractivity contribution in [2.75, 3.05) is 5.32 Å². The average molecular weight is 293 g/mol. The van der Waals surface area contributed by atoms with Crippen LogP contribution in [-0.2, 0) is 0 Å². The van der Waals surface area contributed by atoms with Crippen molar-refractivity contribution in [2.45, 2.75) is 0 Å². The second-order valence-electron chi connectivity index (χ2n) is 3.48. The Morgan fingerprint density at radius 1 is 1.32 bits per heavy atom. The lowest BCUT2D eigenvalue weighted by Gasteiger charge is -2.06. The van der Waals surface area contributed by atoms with E-state index in [0.717, 1.165) is 0 Å². The zero-order valence-electron chi connectivity index (χ0n) is 9.39. The number of nitrogens with zero attached hydrogens (tertiary/aromatic N) is 3. The molecule has 0 saturated carbocycles. The van der Waals surface area contributed by atoms with E-state index in [2.05, 4.69) is 15.3 Å². The third-order valence-electron chi connectivity index (χ3n) is 2.19. The van der Waals surface area contributed by atoms with Gasteiger partial charge in [-0.1, -0.05) is 23.2 Å². The standard InChI is InChI=1S/C12H6Cl2N4O/c13-8-2-1-7(4-15)9(3-8)18-12(19)10-5-16-6-11(14)17-10/h1-3,5-6H,(H,18,19). The predicted molar refractivity (Wildman–Crippen MR) is 71.2 cm³/mol. The topological polar surface area (TPSA) is 78.7 Å². The predicted octanol–water partition coefficient (Wildman–Crippen LogP) is 2.91. The largest absolute Gasteiger partial charge is 0.319 e. The molecule has 0 aliphatic rings. The molecule has 0 aliphatic carbocycles. The summed E-state index contributed by atoms with van der Waals surface area (Å²) in [5.41, 5.74) is 0.658. The van der Waals surface area contributed by atoms with Gasteiger partial charge in [-0.25, -0.2) is 4.98 Å². The van der Waals surface area contributed by atoms with Crippen LogP contribution < -0.4 is 5.32 Å². The number of hydrogen-bond donors (Lipinski definition) is 1.